The molecule has 1 heterocycles. The third kappa shape index (κ3) is 1.41. The van der Waals surface area contributed by atoms with E-state index in [9.17, 15) is 0 Å². The number of aromatic nitrogens is 1. The quantitative estimate of drug-likeness (QED) is 0.737. The summed E-state index contributed by atoms with van der Waals surface area (Å²) in [6, 6.07) is 8.32. The predicted octanol–water partition coefficient (Wildman–Crippen LogP) is 2.13. The largest absolute Gasteiger partial charge is 0.351 e. The summed E-state index contributed by atoms with van der Waals surface area (Å²) < 4.78 is 2.09. The average molecular weight is 190 g/mol. The molecule has 0 amide bonds. The maximum absolute atomic E-state index is 5.15. The van der Waals surface area contributed by atoms with Crippen LogP contribution >= 0.6 is 0 Å². The Morgan fingerprint density at radius 2 is 2.14 bits per heavy atom. The Kier molecular flexibility index (Phi) is 2.27. The first-order chi connectivity index (χ1) is 6.72. The van der Waals surface area contributed by atoms with Crippen LogP contribution in [-0.4, -0.2) is 4.57 Å². The minimum atomic E-state index is -0.0608. The van der Waals surface area contributed by atoms with E-state index in [2.05, 4.69) is 22.8 Å². The van der Waals surface area contributed by atoms with E-state index < -0.39 is 0 Å². The minimum Gasteiger partial charge on any atom is -0.351 e. The highest BCUT2D eigenvalue weighted by atomic mass is 16.6. The number of benzene rings is 1. The summed E-state index contributed by atoms with van der Waals surface area (Å²) in [5.74, 6) is 5.15. The second-order valence-corrected chi connectivity index (χ2v) is 3.52. The van der Waals surface area contributed by atoms with Crippen molar-refractivity contribution in [1.29, 1.82) is 0 Å². The number of rotatable bonds is 2. The number of nitrogens with two attached hydrogens (primary N) is 1. The lowest BCUT2D eigenvalue weighted by molar-refractivity contribution is 0.0665. The number of fused-ring (bicyclic) bond motifs is 1. The highest BCUT2D eigenvalue weighted by Gasteiger charge is 2.06. The Labute approximate surface area is 83.0 Å². The van der Waals surface area contributed by atoms with Crippen LogP contribution in [0.25, 0.3) is 10.9 Å². The van der Waals surface area contributed by atoms with E-state index in [1.807, 2.05) is 26.2 Å². The van der Waals surface area contributed by atoms with Gasteiger partial charge < -0.3 is 4.57 Å². The van der Waals surface area contributed by atoms with E-state index in [4.69, 9.17) is 10.7 Å². The molecule has 0 fully saturated rings. The summed E-state index contributed by atoms with van der Waals surface area (Å²) in [5.41, 5.74) is 2.30. The molecule has 0 aliphatic rings. The second kappa shape index (κ2) is 3.44. The third-order valence-corrected chi connectivity index (χ3v) is 2.59. The number of hydrogen-bond donors (Lipinski definition) is 1. The van der Waals surface area contributed by atoms with Crippen molar-refractivity contribution in [3.05, 3.63) is 36.0 Å². The standard InChI is InChI=1S/C11H14N2O/c1-8(14-12)10-4-3-9-5-6-13(2)11(9)7-10/h3-8H,12H2,1-2H3. The predicted molar refractivity (Wildman–Crippen MR) is 56.6 cm³/mol. The van der Waals surface area contributed by atoms with E-state index >= 15 is 0 Å². The summed E-state index contributed by atoms with van der Waals surface area (Å²) in [6.07, 6.45) is 1.98. The van der Waals surface area contributed by atoms with Crippen molar-refractivity contribution >= 4 is 10.9 Å². The summed E-state index contributed by atoms with van der Waals surface area (Å²) in [4.78, 5) is 4.79. The lowest BCUT2D eigenvalue weighted by Crippen LogP contribution is -2.05. The topological polar surface area (TPSA) is 40.2 Å². The Balaban J connectivity index is 2.54. The van der Waals surface area contributed by atoms with Crippen LogP contribution in [0.2, 0.25) is 0 Å². The minimum absolute atomic E-state index is 0.0608. The lowest BCUT2D eigenvalue weighted by Gasteiger charge is -2.09. The first kappa shape index (κ1) is 9.24. The van der Waals surface area contributed by atoms with Crippen LogP contribution in [0.5, 0.6) is 0 Å². The van der Waals surface area contributed by atoms with Gasteiger partial charge in [0.05, 0.1) is 0 Å². The molecular weight excluding hydrogens is 176 g/mol. The van der Waals surface area contributed by atoms with Crippen LogP contribution in [-0.2, 0) is 11.9 Å². The van der Waals surface area contributed by atoms with Crippen molar-refractivity contribution < 1.29 is 4.84 Å². The van der Waals surface area contributed by atoms with Crippen molar-refractivity contribution in [3.63, 3.8) is 0 Å². The van der Waals surface area contributed by atoms with Crippen LogP contribution in [0.1, 0.15) is 18.6 Å². The van der Waals surface area contributed by atoms with Crippen LogP contribution < -0.4 is 5.90 Å². The van der Waals surface area contributed by atoms with Crippen molar-refractivity contribution in [3.8, 4) is 0 Å². The maximum Gasteiger partial charge on any atom is 0.101 e. The SMILES string of the molecule is CC(ON)c1ccc2ccn(C)c2c1. The molecule has 3 heteroatoms. The molecule has 14 heavy (non-hydrogen) atoms. The number of nitrogens with zero attached hydrogens (tertiary/aromatic N) is 1. The Morgan fingerprint density at radius 3 is 2.86 bits per heavy atom. The normalized spacial score (nSPS) is 13.4. The van der Waals surface area contributed by atoms with Gasteiger partial charge in [-0.05, 0) is 30.0 Å². The maximum atomic E-state index is 5.15. The molecule has 3 nitrogen and oxygen atoms in total. The van der Waals surface area contributed by atoms with Gasteiger partial charge in [0.25, 0.3) is 0 Å². The third-order valence-electron chi connectivity index (χ3n) is 2.59. The van der Waals surface area contributed by atoms with Gasteiger partial charge in [-0.3, -0.25) is 4.84 Å². The van der Waals surface area contributed by atoms with Gasteiger partial charge in [0.2, 0.25) is 0 Å². The zero-order valence-electron chi connectivity index (χ0n) is 8.40. The van der Waals surface area contributed by atoms with Crippen molar-refractivity contribution in [2.24, 2.45) is 12.9 Å². The van der Waals surface area contributed by atoms with Gasteiger partial charge in [-0.15, -0.1) is 0 Å². The van der Waals surface area contributed by atoms with Gasteiger partial charge in [-0.1, -0.05) is 12.1 Å². The van der Waals surface area contributed by atoms with E-state index in [1.165, 1.54) is 10.9 Å². The summed E-state index contributed by atoms with van der Waals surface area (Å²) in [5, 5.41) is 1.24. The molecule has 2 rings (SSSR count). The fraction of sp³-hybridized carbons (Fsp3) is 0.273. The molecule has 0 bridgehead atoms. The second-order valence-electron chi connectivity index (χ2n) is 3.52. The van der Waals surface area contributed by atoms with Crippen molar-refractivity contribution in [2.45, 2.75) is 13.0 Å². The first-order valence-electron chi connectivity index (χ1n) is 4.63. The van der Waals surface area contributed by atoms with Gasteiger partial charge in [0, 0.05) is 18.8 Å². The molecule has 1 aromatic carbocycles. The molecule has 1 atom stereocenters. The number of hydrogen-bond acceptors (Lipinski definition) is 2. The molecule has 2 N–H and O–H groups in total. The molecular formula is C11H14N2O. The van der Waals surface area contributed by atoms with Crippen LogP contribution in [0.3, 0.4) is 0 Å². The van der Waals surface area contributed by atoms with Crippen molar-refractivity contribution in [2.75, 3.05) is 0 Å². The first-order valence-corrected chi connectivity index (χ1v) is 4.63. The van der Waals surface area contributed by atoms with Crippen LogP contribution in [0.4, 0.5) is 0 Å². The Hall–Kier alpha value is -1.32. The van der Waals surface area contributed by atoms with E-state index in [-0.39, 0.29) is 6.10 Å². The van der Waals surface area contributed by atoms with Gasteiger partial charge in [0.1, 0.15) is 6.10 Å². The lowest BCUT2D eigenvalue weighted by atomic mass is 10.1. The molecule has 0 saturated heterocycles. The molecule has 1 aromatic heterocycles. The van der Waals surface area contributed by atoms with E-state index in [1.54, 1.807) is 0 Å². The molecule has 74 valence electrons. The highest BCUT2D eigenvalue weighted by Crippen LogP contribution is 2.21. The molecule has 2 aromatic rings. The molecule has 0 spiro atoms. The fourth-order valence-electron chi connectivity index (χ4n) is 1.61. The van der Waals surface area contributed by atoms with E-state index in [0.717, 1.165) is 5.56 Å². The smallest absolute Gasteiger partial charge is 0.101 e. The molecule has 1 unspecified atom stereocenters. The summed E-state index contributed by atoms with van der Waals surface area (Å²) in [6.45, 7) is 1.93. The zero-order valence-corrected chi connectivity index (χ0v) is 8.40. The summed E-state index contributed by atoms with van der Waals surface area (Å²) >= 11 is 0. The number of aryl methyl sites for hydroxylation is 1. The van der Waals surface area contributed by atoms with Crippen LogP contribution in [0, 0.1) is 0 Å². The van der Waals surface area contributed by atoms with Crippen molar-refractivity contribution in [1.82, 2.24) is 4.57 Å². The Bertz CT molecular complexity index is 447. The molecule has 0 radical (unpaired) electrons. The molecule has 0 aliphatic carbocycles. The van der Waals surface area contributed by atoms with Crippen LogP contribution in [0.15, 0.2) is 30.5 Å². The summed E-state index contributed by atoms with van der Waals surface area (Å²) in [7, 11) is 2.03. The van der Waals surface area contributed by atoms with Gasteiger partial charge in [-0.25, -0.2) is 5.90 Å². The Morgan fingerprint density at radius 1 is 1.36 bits per heavy atom. The molecule has 0 saturated carbocycles. The zero-order chi connectivity index (χ0) is 10.1. The highest BCUT2D eigenvalue weighted by molar-refractivity contribution is 5.80. The fourth-order valence-corrected chi connectivity index (χ4v) is 1.61. The molecule has 0 aliphatic heterocycles. The van der Waals surface area contributed by atoms with E-state index in [0.29, 0.717) is 0 Å². The van der Waals surface area contributed by atoms with Gasteiger partial charge in [-0.2, -0.15) is 0 Å². The van der Waals surface area contributed by atoms with Gasteiger partial charge in [0.15, 0.2) is 0 Å². The van der Waals surface area contributed by atoms with Gasteiger partial charge >= 0.3 is 0 Å². The monoisotopic (exact) mass is 190 g/mol. The average Bonchev–Trinajstić information content (AvgIpc) is 2.59.